The first-order valence-corrected chi connectivity index (χ1v) is 7.31. The number of hydrogen-bond donors (Lipinski definition) is 1. The molecule has 0 aromatic heterocycles. The third-order valence-corrected chi connectivity index (χ3v) is 3.67. The Morgan fingerprint density at radius 3 is 2.74 bits per heavy atom. The molecule has 0 radical (unpaired) electrons. The van der Waals surface area contributed by atoms with Gasteiger partial charge in [-0.2, -0.15) is 0 Å². The fraction of sp³-hybridized carbons (Fsp3) is 0.600. The summed E-state index contributed by atoms with van der Waals surface area (Å²) in [5.74, 6) is 0.845. The van der Waals surface area contributed by atoms with Gasteiger partial charge in [-0.05, 0) is 38.5 Å². The minimum atomic E-state index is -0.171. The molecule has 0 amide bonds. The van der Waals surface area contributed by atoms with Crippen LogP contribution in [0.3, 0.4) is 0 Å². The van der Waals surface area contributed by atoms with Crippen molar-refractivity contribution >= 4 is 11.6 Å². The van der Waals surface area contributed by atoms with Crippen molar-refractivity contribution in [2.24, 2.45) is 0 Å². The summed E-state index contributed by atoms with van der Waals surface area (Å²) >= 11 is 5.98. The van der Waals surface area contributed by atoms with E-state index < -0.39 is 0 Å². The van der Waals surface area contributed by atoms with Crippen LogP contribution in [0.4, 0.5) is 0 Å². The predicted molar refractivity (Wildman–Crippen MR) is 80.1 cm³/mol. The van der Waals surface area contributed by atoms with Gasteiger partial charge in [-0.3, -0.25) is 0 Å². The number of benzene rings is 1. The van der Waals surface area contributed by atoms with E-state index in [1.807, 2.05) is 24.3 Å². The van der Waals surface area contributed by atoms with Gasteiger partial charge in [0.1, 0.15) is 11.4 Å². The van der Waals surface area contributed by atoms with Crippen molar-refractivity contribution in [2.75, 3.05) is 32.7 Å². The molecule has 0 spiro atoms. The van der Waals surface area contributed by atoms with E-state index in [4.69, 9.17) is 16.3 Å². The highest BCUT2D eigenvalue weighted by atomic mass is 35.5. The predicted octanol–water partition coefficient (Wildman–Crippen LogP) is 2.79. The van der Waals surface area contributed by atoms with E-state index in [-0.39, 0.29) is 5.60 Å². The lowest BCUT2D eigenvalue weighted by atomic mass is 10.0. The van der Waals surface area contributed by atoms with Gasteiger partial charge in [-0.1, -0.05) is 17.7 Å². The fourth-order valence-corrected chi connectivity index (χ4v) is 2.44. The summed E-state index contributed by atoms with van der Waals surface area (Å²) in [4.78, 5) is 2.49. The van der Waals surface area contributed by atoms with Crippen molar-refractivity contribution in [2.45, 2.75) is 25.9 Å². The van der Waals surface area contributed by atoms with Gasteiger partial charge in [0.05, 0.1) is 0 Å². The van der Waals surface area contributed by atoms with Crippen LogP contribution in [-0.2, 0) is 0 Å². The maximum atomic E-state index is 6.05. The Morgan fingerprint density at radius 2 is 2.05 bits per heavy atom. The first-order chi connectivity index (χ1) is 9.05. The number of halogens is 1. The second-order valence-electron chi connectivity index (χ2n) is 5.66. The van der Waals surface area contributed by atoms with Crippen LogP contribution < -0.4 is 10.1 Å². The average molecular weight is 283 g/mol. The second-order valence-corrected chi connectivity index (χ2v) is 6.10. The van der Waals surface area contributed by atoms with Gasteiger partial charge in [0, 0.05) is 37.7 Å². The van der Waals surface area contributed by atoms with Crippen LogP contribution in [0.1, 0.15) is 20.3 Å². The number of nitrogens with zero attached hydrogens (tertiary/aromatic N) is 1. The van der Waals surface area contributed by atoms with Crippen molar-refractivity contribution in [3.05, 3.63) is 29.3 Å². The van der Waals surface area contributed by atoms with Crippen LogP contribution in [0, 0.1) is 0 Å². The van der Waals surface area contributed by atoms with Gasteiger partial charge in [0.2, 0.25) is 0 Å². The van der Waals surface area contributed by atoms with Crippen LogP contribution in [0.25, 0.3) is 0 Å². The number of hydrogen-bond acceptors (Lipinski definition) is 3. The Hall–Kier alpha value is -0.770. The Kier molecular flexibility index (Phi) is 5.08. The number of rotatable bonds is 5. The van der Waals surface area contributed by atoms with E-state index in [9.17, 15) is 0 Å². The van der Waals surface area contributed by atoms with E-state index in [1.165, 1.54) is 0 Å². The first-order valence-electron chi connectivity index (χ1n) is 6.93. The summed E-state index contributed by atoms with van der Waals surface area (Å²) in [6.45, 7) is 9.80. The van der Waals surface area contributed by atoms with E-state index in [0.29, 0.717) is 0 Å². The molecule has 2 rings (SSSR count). The third kappa shape index (κ3) is 5.01. The maximum absolute atomic E-state index is 6.05. The Bertz CT molecular complexity index is 403. The molecule has 1 saturated heterocycles. The molecule has 0 atom stereocenters. The molecular weight excluding hydrogens is 260 g/mol. The van der Waals surface area contributed by atoms with E-state index in [2.05, 4.69) is 24.1 Å². The standard InChI is InChI=1S/C15H23ClN2O/c1-15(2,6-9-18-10-7-17-8-11-18)19-14-5-3-4-13(16)12-14/h3-5,12,17H,6-11H2,1-2H3. The Morgan fingerprint density at radius 1 is 1.32 bits per heavy atom. The van der Waals surface area contributed by atoms with E-state index in [0.717, 1.165) is 49.9 Å². The summed E-state index contributed by atoms with van der Waals surface area (Å²) in [5.41, 5.74) is -0.171. The van der Waals surface area contributed by atoms with Crippen molar-refractivity contribution < 1.29 is 4.74 Å². The summed E-state index contributed by atoms with van der Waals surface area (Å²) in [5, 5.41) is 4.09. The molecule has 0 aliphatic carbocycles. The molecule has 1 fully saturated rings. The topological polar surface area (TPSA) is 24.5 Å². The van der Waals surface area contributed by atoms with Crippen molar-refractivity contribution in [3.63, 3.8) is 0 Å². The lowest BCUT2D eigenvalue weighted by Crippen LogP contribution is -2.45. The highest BCUT2D eigenvalue weighted by Gasteiger charge is 2.21. The molecule has 1 aliphatic heterocycles. The zero-order valence-electron chi connectivity index (χ0n) is 11.8. The number of piperazine rings is 1. The minimum absolute atomic E-state index is 0.171. The quantitative estimate of drug-likeness (QED) is 0.899. The molecule has 0 bridgehead atoms. The Balaban J connectivity index is 1.83. The van der Waals surface area contributed by atoms with Gasteiger partial charge in [-0.15, -0.1) is 0 Å². The summed E-state index contributed by atoms with van der Waals surface area (Å²) < 4.78 is 6.05. The smallest absolute Gasteiger partial charge is 0.121 e. The Labute approximate surface area is 120 Å². The normalized spacial score (nSPS) is 17.4. The highest BCUT2D eigenvalue weighted by Crippen LogP contribution is 2.24. The highest BCUT2D eigenvalue weighted by molar-refractivity contribution is 6.30. The van der Waals surface area contributed by atoms with Gasteiger partial charge >= 0.3 is 0 Å². The average Bonchev–Trinajstić information content (AvgIpc) is 2.37. The first kappa shape index (κ1) is 14.6. The molecule has 106 valence electrons. The summed E-state index contributed by atoms with van der Waals surface area (Å²) in [7, 11) is 0. The molecule has 0 saturated carbocycles. The molecule has 1 aromatic rings. The molecule has 1 heterocycles. The van der Waals surface area contributed by atoms with Crippen molar-refractivity contribution in [1.29, 1.82) is 0 Å². The van der Waals surface area contributed by atoms with E-state index >= 15 is 0 Å². The zero-order chi connectivity index (χ0) is 13.7. The van der Waals surface area contributed by atoms with Crippen LogP contribution in [0.2, 0.25) is 5.02 Å². The van der Waals surface area contributed by atoms with Gasteiger partial charge in [0.25, 0.3) is 0 Å². The van der Waals surface area contributed by atoms with Crippen molar-refractivity contribution in [1.82, 2.24) is 10.2 Å². The van der Waals surface area contributed by atoms with Gasteiger partial charge in [-0.25, -0.2) is 0 Å². The molecule has 1 aromatic carbocycles. The number of ether oxygens (including phenoxy) is 1. The van der Waals surface area contributed by atoms with Crippen LogP contribution in [0.15, 0.2) is 24.3 Å². The minimum Gasteiger partial charge on any atom is -0.488 e. The largest absolute Gasteiger partial charge is 0.488 e. The number of nitrogens with one attached hydrogen (secondary N) is 1. The molecular formula is C15H23ClN2O. The van der Waals surface area contributed by atoms with E-state index in [1.54, 1.807) is 0 Å². The summed E-state index contributed by atoms with van der Waals surface area (Å²) in [6, 6.07) is 7.61. The molecule has 3 nitrogen and oxygen atoms in total. The SMILES string of the molecule is CC(C)(CCN1CCNCC1)Oc1cccc(Cl)c1. The maximum Gasteiger partial charge on any atom is 0.121 e. The summed E-state index contributed by atoms with van der Waals surface area (Å²) in [6.07, 6.45) is 1.01. The van der Waals surface area contributed by atoms with Crippen LogP contribution >= 0.6 is 11.6 Å². The van der Waals surface area contributed by atoms with Crippen molar-refractivity contribution in [3.8, 4) is 5.75 Å². The molecule has 1 N–H and O–H groups in total. The zero-order valence-corrected chi connectivity index (χ0v) is 12.5. The lowest BCUT2D eigenvalue weighted by Gasteiger charge is -2.32. The monoisotopic (exact) mass is 282 g/mol. The van der Waals surface area contributed by atoms with Crippen LogP contribution in [-0.4, -0.2) is 43.2 Å². The molecule has 1 aliphatic rings. The van der Waals surface area contributed by atoms with Gasteiger partial charge < -0.3 is 15.0 Å². The fourth-order valence-electron chi connectivity index (χ4n) is 2.26. The molecule has 4 heteroatoms. The molecule has 0 unspecified atom stereocenters. The van der Waals surface area contributed by atoms with Crippen LogP contribution in [0.5, 0.6) is 5.75 Å². The third-order valence-electron chi connectivity index (χ3n) is 3.43. The molecule has 19 heavy (non-hydrogen) atoms. The lowest BCUT2D eigenvalue weighted by molar-refractivity contribution is 0.0809. The van der Waals surface area contributed by atoms with Gasteiger partial charge in [0.15, 0.2) is 0 Å². The second kappa shape index (κ2) is 6.60.